The molecule has 3 aromatic rings. The zero-order chi connectivity index (χ0) is 17.2. The Hall–Kier alpha value is -2.24. The lowest BCUT2D eigenvalue weighted by atomic mass is 10.0. The minimum atomic E-state index is -3.52. The molecule has 0 saturated heterocycles. The summed E-state index contributed by atoms with van der Waals surface area (Å²) in [7, 11) is -3.52. The minimum absolute atomic E-state index is 0.224. The van der Waals surface area contributed by atoms with Crippen LogP contribution in [0.5, 0.6) is 0 Å². The van der Waals surface area contributed by atoms with Crippen molar-refractivity contribution in [1.82, 2.24) is 0 Å². The number of halogens is 1. The molecule has 24 heavy (non-hydrogen) atoms. The lowest BCUT2D eigenvalue weighted by Crippen LogP contribution is -2.16. The van der Waals surface area contributed by atoms with E-state index in [-0.39, 0.29) is 11.5 Å². The monoisotopic (exact) mass is 344 g/mol. The highest BCUT2D eigenvalue weighted by Crippen LogP contribution is 2.22. The highest BCUT2D eigenvalue weighted by Gasteiger charge is 2.19. The molecule has 0 radical (unpaired) electrons. The Morgan fingerprint density at radius 3 is 2.29 bits per heavy atom. The fourth-order valence-electron chi connectivity index (χ4n) is 2.65. The Balaban J connectivity index is 1.76. The van der Waals surface area contributed by atoms with Crippen molar-refractivity contribution in [2.75, 3.05) is 5.75 Å². The average Bonchev–Trinajstić information content (AvgIpc) is 2.56. The normalized spacial score (nSPS) is 13.1. The molecule has 0 fully saturated rings. The predicted molar refractivity (Wildman–Crippen MR) is 92.8 cm³/mol. The number of aliphatic hydroxyl groups is 1. The molecule has 0 heterocycles. The van der Waals surface area contributed by atoms with Crippen LogP contribution in [0.15, 0.2) is 66.7 Å². The largest absolute Gasteiger partial charge is 0.387 e. The Labute approximate surface area is 140 Å². The maximum atomic E-state index is 12.9. The smallest absolute Gasteiger partial charge is 0.157 e. The third-order valence-electron chi connectivity index (χ3n) is 3.87. The third kappa shape index (κ3) is 3.99. The summed E-state index contributed by atoms with van der Waals surface area (Å²) in [6.07, 6.45) is -1.10. The van der Waals surface area contributed by atoms with Crippen LogP contribution in [-0.4, -0.2) is 19.3 Å². The van der Waals surface area contributed by atoms with Gasteiger partial charge in [0, 0.05) is 0 Å². The molecule has 1 N–H and O–H groups in total. The van der Waals surface area contributed by atoms with E-state index in [0.29, 0.717) is 11.1 Å². The van der Waals surface area contributed by atoms with E-state index in [2.05, 4.69) is 0 Å². The molecule has 3 aromatic carbocycles. The van der Waals surface area contributed by atoms with E-state index in [1.807, 2.05) is 30.3 Å². The van der Waals surface area contributed by atoms with Crippen LogP contribution in [0.1, 0.15) is 17.2 Å². The molecule has 5 heteroatoms. The van der Waals surface area contributed by atoms with Gasteiger partial charge in [0.25, 0.3) is 0 Å². The van der Waals surface area contributed by atoms with Crippen molar-refractivity contribution in [2.24, 2.45) is 0 Å². The van der Waals surface area contributed by atoms with E-state index in [4.69, 9.17) is 0 Å². The van der Waals surface area contributed by atoms with Crippen LogP contribution < -0.4 is 0 Å². The quantitative estimate of drug-likeness (QED) is 0.769. The number of fused-ring (bicyclic) bond motifs is 1. The van der Waals surface area contributed by atoms with E-state index in [9.17, 15) is 17.9 Å². The number of hydrogen-bond acceptors (Lipinski definition) is 3. The fourth-order valence-corrected chi connectivity index (χ4v) is 4.14. The van der Waals surface area contributed by atoms with Gasteiger partial charge in [-0.15, -0.1) is 0 Å². The zero-order valence-corrected chi connectivity index (χ0v) is 13.7. The number of rotatable bonds is 5. The van der Waals surface area contributed by atoms with Crippen LogP contribution in [0.3, 0.4) is 0 Å². The topological polar surface area (TPSA) is 54.4 Å². The van der Waals surface area contributed by atoms with Gasteiger partial charge in [0.1, 0.15) is 5.82 Å². The van der Waals surface area contributed by atoms with E-state index in [0.717, 1.165) is 10.8 Å². The van der Waals surface area contributed by atoms with Gasteiger partial charge in [0.15, 0.2) is 9.84 Å². The number of benzene rings is 3. The van der Waals surface area contributed by atoms with Gasteiger partial charge in [-0.3, -0.25) is 0 Å². The van der Waals surface area contributed by atoms with Gasteiger partial charge in [0.05, 0.1) is 17.6 Å². The van der Waals surface area contributed by atoms with E-state index < -0.39 is 21.8 Å². The van der Waals surface area contributed by atoms with Crippen molar-refractivity contribution in [3.8, 4) is 0 Å². The van der Waals surface area contributed by atoms with Crippen molar-refractivity contribution in [2.45, 2.75) is 11.9 Å². The maximum absolute atomic E-state index is 12.9. The second kappa shape index (κ2) is 6.71. The van der Waals surface area contributed by atoms with Gasteiger partial charge in [-0.2, -0.15) is 0 Å². The first-order valence-corrected chi connectivity index (χ1v) is 9.37. The first-order chi connectivity index (χ1) is 11.4. The number of sulfone groups is 1. The summed E-state index contributed by atoms with van der Waals surface area (Å²) in [5.41, 5.74) is 1.07. The minimum Gasteiger partial charge on any atom is -0.387 e. The molecule has 0 aliphatic rings. The summed E-state index contributed by atoms with van der Waals surface area (Å²) < 4.78 is 37.4. The number of hydrogen-bond donors (Lipinski definition) is 1. The highest BCUT2D eigenvalue weighted by atomic mass is 32.2. The molecule has 0 aromatic heterocycles. The molecular weight excluding hydrogens is 327 g/mol. The number of aliphatic hydroxyl groups excluding tert-OH is 1. The van der Waals surface area contributed by atoms with E-state index in [1.165, 1.54) is 24.3 Å². The first kappa shape index (κ1) is 16.6. The van der Waals surface area contributed by atoms with Crippen molar-refractivity contribution < 1.29 is 17.9 Å². The molecule has 3 nitrogen and oxygen atoms in total. The first-order valence-electron chi connectivity index (χ1n) is 7.55. The fraction of sp³-hybridized carbons (Fsp3) is 0.158. The van der Waals surface area contributed by atoms with Gasteiger partial charge in [0.2, 0.25) is 0 Å². The van der Waals surface area contributed by atoms with Gasteiger partial charge in [-0.05, 0) is 40.1 Å². The molecule has 1 unspecified atom stereocenters. The highest BCUT2D eigenvalue weighted by molar-refractivity contribution is 7.90. The Morgan fingerprint density at radius 2 is 1.58 bits per heavy atom. The lowest BCUT2D eigenvalue weighted by Gasteiger charge is -2.13. The van der Waals surface area contributed by atoms with Gasteiger partial charge in [-0.1, -0.05) is 48.5 Å². The molecule has 3 rings (SSSR count). The molecule has 0 spiro atoms. The van der Waals surface area contributed by atoms with Crippen LogP contribution in [0, 0.1) is 5.82 Å². The molecule has 0 saturated carbocycles. The summed E-state index contributed by atoms with van der Waals surface area (Å²) >= 11 is 0. The second-order valence-electron chi connectivity index (χ2n) is 5.80. The summed E-state index contributed by atoms with van der Waals surface area (Å²) in [6.45, 7) is 0. The molecular formula is C19H17FO3S. The Kier molecular flexibility index (Phi) is 4.64. The van der Waals surface area contributed by atoms with Gasteiger partial charge in [-0.25, -0.2) is 12.8 Å². The van der Waals surface area contributed by atoms with Crippen LogP contribution in [-0.2, 0) is 15.6 Å². The summed E-state index contributed by atoms with van der Waals surface area (Å²) in [6, 6.07) is 18.4. The lowest BCUT2D eigenvalue weighted by molar-refractivity contribution is 0.202. The predicted octanol–water partition coefficient (Wildman–Crippen LogP) is 3.63. The second-order valence-corrected chi connectivity index (χ2v) is 7.91. The zero-order valence-electron chi connectivity index (χ0n) is 12.9. The molecule has 0 aliphatic carbocycles. The summed E-state index contributed by atoms with van der Waals surface area (Å²) in [5.74, 6) is -1.01. The summed E-state index contributed by atoms with van der Waals surface area (Å²) in [5, 5.41) is 12.3. The molecule has 124 valence electrons. The van der Waals surface area contributed by atoms with Crippen molar-refractivity contribution in [1.29, 1.82) is 0 Å². The van der Waals surface area contributed by atoms with E-state index >= 15 is 0 Å². The Morgan fingerprint density at radius 1 is 0.917 bits per heavy atom. The Bertz CT molecular complexity index is 950. The standard InChI is InChI=1S/C19H17FO3S/c20-18-9-5-14(6-10-18)12-24(22,23)13-19(21)17-8-7-15-3-1-2-4-16(15)11-17/h1-11,19,21H,12-13H2. The van der Waals surface area contributed by atoms with Crippen LogP contribution in [0.4, 0.5) is 4.39 Å². The van der Waals surface area contributed by atoms with Crippen LogP contribution in [0.25, 0.3) is 10.8 Å². The van der Waals surface area contributed by atoms with Gasteiger partial charge < -0.3 is 5.11 Å². The van der Waals surface area contributed by atoms with Crippen LogP contribution >= 0.6 is 0 Å². The average molecular weight is 344 g/mol. The van der Waals surface area contributed by atoms with Crippen LogP contribution in [0.2, 0.25) is 0 Å². The SMILES string of the molecule is O=S(=O)(Cc1ccc(F)cc1)CC(O)c1ccc2ccccc2c1. The third-order valence-corrected chi connectivity index (χ3v) is 5.47. The molecule has 1 atom stereocenters. The van der Waals surface area contributed by atoms with Crippen molar-refractivity contribution in [3.05, 3.63) is 83.7 Å². The maximum Gasteiger partial charge on any atom is 0.157 e. The van der Waals surface area contributed by atoms with Gasteiger partial charge >= 0.3 is 0 Å². The summed E-state index contributed by atoms with van der Waals surface area (Å²) in [4.78, 5) is 0. The van der Waals surface area contributed by atoms with E-state index in [1.54, 1.807) is 12.1 Å². The van der Waals surface area contributed by atoms with Crippen molar-refractivity contribution >= 4 is 20.6 Å². The van der Waals surface area contributed by atoms with Crippen molar-refractivity contribution in [3.63, 3.8) is 0 Å². The molecule has 0 bridgehead atoms. The molecule has 0 amide bonds. The molecule has 0 aliphatic heterocycles.